The van der Waals surface area contributed by atoms with Gasteiger partial charge in [0.15, 0.2) is 0 Å². The molecule has 1 unspecified atom stereocenters. The van der Waals surface area contributed by atoms with Crippen LogP contribution in [0, 0.1) is 26.7 Å². The second kappa shape index (κ2) is 11.7. The fourth-order valence-electron chi connectivity index (χ4n) is 5.34. The van der Waals surface area contributed by atoms with Gasteiger partial charge in [-0.15, -0.1) is 0 Å². The molecule has 1 aliphatic heterocycles. The van der Waals surface area contributed by atoms with Gasteiger partial charge in [0.25, 0.3) is 11.5 Å². The highest BCUT2D eigenvalue weighted by Crippen LogP contribution is 2.28. The highest BCUT2D eigenvalue weighted by molar-refractivity contribution is 5.95. The van der Waals surface area contributed by atoms with Crippen molar-refractivity contribution in [3.8, 4) is 0 Å². The van der Waals surface area contributed by atoms with Gasteiger partial charge in [-0.3, -0.25) is 9.59 Å². The molecule has 0 saturated carbocycles. The first-order valence-corrected chi connectivity index (χ1v) is 12.5. The molecule has 0 bridgehead atoms. The van der Waals surface area contributed by atoms with Crippen LogP contribution in [0.1, 0.15) is 65.6 Å². The Bertz CT molecular complexity index is 1250. The van der Waals surface area contributed by atoms with Crippen LogP contribution in [0.4, 0.5) is 4.39 Å². The number of halogens is 1. The Hall–Kier alpha value is -2.93. The Morgan fingerprint density at radius 1 is 1.31 bits per heavy atom. The number of hydrogen-bond acceptors (Lipinski definition) is 3. The quantitative estimate of drug-likeness (QED) is 0.608. The summed E-state index contributed by atoms with van der Waals surface area (Å²) in [5.74, 6) is 0.199. The van der Waals surface area contributed by atoms with E-state index in [0.29, 0.717) is 28.8 Å². The Morgan fingerprint density at radius 3 is 2.60 bits per heavy atom. The van der Waals surface area contributed by atoms with Gasteiger partial charge < -0.3 is 19.8 Å². The number of aromatic amines is 1. The van der Waals surface area contributed by atoms with E-state index in [-0.39, 0.29) is 30.7 Å². The highest BCUT2D eigenvalue weighted by atomic mass is 19.1. The fraction of sp³-hybridized carbons (Fsp3) is 0.500. The molecule has 1 atom stereocenters. The second-order valence-electron chi connectivity index (χ2n) is 9.62. The van der Waals surface area contributed by atoms with Gasteiger partial charge in [0.1, 0.15) is 6.67 Å². The molecule has 2 aromatic heterocycles. The number of likely N-dealkylation sites (tertiary alicyclic amines) is 1. The molecule has 0 aliphatic carbocycles. The van der Waals surface area contributed by atoms with Crippen LogP contribution in [0.2, 0.25) is 0 Å². The number of piperidine rings is 1. The van der Waals surface area contributed by atoms with Crippen molar-refractivity contribution in [2.75, 3.05) is 26.3 Å². The zero-order valence-corrected chi connectivity index (χ0v) is 21.7. The maximum Gasteiger partial charge on any atom is 0.253 e. The average molecular weight is 483 g/mol. The number of pyridine rings is 1. The van der Waals surface area contributed by atoms with Gasteiger partial charge >= 0.3 is 0 Å². The zero-order valence-electron chi connectivity index (χ0n) is 21.7. The van der Waals surface area contributed by atoms with Gasteiger partial charge in [-0.1, -0.05) is 18.7 Å². The largest absolute Gasteiger partial charge is 0.348 e. The minimum Gasteiger partial charge on any atom is -0.348 e. The Labute approximate surface area is 207 Å². The van der Waals surface area contributed by atoms with E-state index in [4.69, 9.17) is 0 Å². The molecule has 0 spiro atoms. The Kier molecular flexibility index (Phi) is 8.89. The molecule has 2 N–H and O–H groups in total. The van der Waals surface area contributed by atoms with Gasteiger partial charge in [-0.2, -0.15) is 0 Å². The van der Waals surface area contributed by atoms with Crippen molar-refractivity contribution in [1.29, 1.82) is 0 Å². The lowest BCUT2D eigenvalue weighted by atomic mass is 9.90. The predicted molar refractivity (Wildman–Crippen MR) is 141 cm³/mol. The normalized spacial score (nSPS) is 16.8. The van der Waals surface area contributed by atoms with E-state index in [1.165, 1.54) is 0 Å². The molecule has 6 nitrogen and oxygen atoms in total. The van der Waals surface area contributed by atoms with Crippen LogP contribution in [-0.4, -0.2) is 46.7 Å². The molecular formula is C28H39FN4O2. The van der Waals surface area contributed by atoms with Crippen molar-refractivity contribution in [3.05, 3.63) is 67.2 Å². The van der Waals surface area contributed by atoms with Gasteiger partial charge in [-0.25, -0.2) is 4.39 Å². The number of nitrogens with one attached hydrogen (secondary N) is 2. The van der Waals surface area contributed by atoms with Crippen molar-refractivity contribution in [2.45, 2.75) is 60.0 Å². The van der Waals surface area contributed by atoms with E-state index >= 15 is 0 Å². The number of H-pyrrole nitrogens is 1. The summed E-state index contributed by atoms with van der Waals surface area (Å²) >= 11 is 0. The third-order valence-corrected chi connectivity index (χ3v) is 7.31. The van der Waals surface area contributed by atoms with Gasteiger partial charge in [0, 0.05) is 46.7 Å². The molecule has 1 fully saturated rings. The van der Waals surface area contributed by atoms with E-state index in [0.717, 1.165) is 48.2 Å². The molecule has 3 rings (SSSR count). The van der Waals surface area contributed by atoms with Crippen LogP contribution >= 0.6 is 0 Å². The van der Waals surface area contributed by atoms with E-state index in [1.54, 1.807) is 0 Å². The fourth-order valence-corrected chi connectivity index (χ4v) is 5.34. The third-order valence-electron chi connectivity index (χ3n) is 7.31. The molecule has 1 aliphatic rings. The smallest absolute Gasteiger partial charge is 0.253 e. The number of alkyl halides is 1. The summed E-state index contributed by atoms with van der Waals surface area (Å²) in [5, 5.41) is 4.56. The monoisotopic (exact) mass is 482 g/mol. The number of carbonyl (C=O) groups excluding carboxylic acids is 1. The number of nitrogens with zero attached hydrogens (tertiary/aromatic N) is 2. The highest BCUT2D eigenvalue weighted by Gasteiger charge is 2.28. The van der Waals surface area contributed by atoms with E-state index in [1.807, 2.05) is 52.0 Å². The first-order chi connectivity index (χ1) is 16.7. The Balaban J connectivity index is 1.92. The van der Waals surface area contributed by atoms with Crippen molar-refractivity contribution in [1.82, 2.24) is 19.8 Å². The molecule has 2 aromatic rings. The van der Waals surface area contributed by atoms with Crippen molar-refractivity contribution in [2.24, 2.45) is 5.92 Å². The number of aryl methyl sites for hydroxylation is 2. The molecule has 0 aromatic carbocycles. The molecule has 1 saturated heterocycles. The summed E-state index contributed by atoms with van der Waals surface area (Å²) in [5.41, 5.74) is 3.46. The Morgan fingerprint density at radius 2 is 2.00 bits per heavy atom. The summed E-state index contributed by atoms with van der Waals surface area (Å²) in [6, 6.07) is 2.07. The standard InChI is InChI=1S/C28H39FN4O2/c1-7-8-9-25-20(4)26(28(35)30-17-24-18(2)16-19(3)31-27(24)34)22(6)33(25)21(5)23-10-13-32(14-11-23)15-12-29/h7-9,16,21,23H,4,10-15,17H2,1-3,5-6H3,(H,30,35)(H,31,34)/b8-7-,25-9+. The summed E-state index contributed by atoms with van der Waals surface area (Å²) in [6.45, 7) is 16.2. The first kappa shape index (κ1) is 26.7. The number of carbonyl (C=O) groups is 1. The van der Waals surface area contributed by atoms with Gasteiger partial charge in [0.2, 0.25) is 0 Å². The molecule has 7 heteroatoms. The number of hydrogen-bond donors (Lipinski definition) is 2. The molecule has 1 amide bonds. The predicted octanol–water partition coefficient (Wildman–Crippen LogP) is 3.04. The van der Waals surface area contributed by atoms with Crippen LogP contribution in [0.3, 0.4) is 0 Å². The van der Waals surface area contributed by atoms with Crippen LogP contribution in [-0.2, 0) is 6.54 Å². The van der Waals surface area contributed by atoms with Crippen LogP contribution in [0.5, 0.6) is 0 Å². The van der Waals surface area contributed by atoms with E-state index in [2.05, 4.69) is 33.3 Å². The molecular weight excluding hydrogens is 443 g/mol. The SMILES string of the molecule is C=c1c(C(=O)NCc2c(C)cc(C)[nH]c2=O)c(C)n(C(C)C2CCN(CCF)CC2)/c1=C/C=C\C. The second-order valence-corrected chi connectivity index (χ2v) is 9.62. The maximum absolute atomic E-state index is 13.4. The average Bonchev–Trinajstić information content (AvgIpc) is 3.06. The van der Waals surface area contributed by atoms with E-state index in [9.17, 15) is 14.0 Å². The summed E-state index contributed by atoms with van der Waals surface area (Å²) < 4.78 is 15.0. The van der Waals surface area contributed by atoms with Crippen LogP contribution in [0.25, 0.3) is 12.7 Å². The van der Waals surface area contributed by atoms with Crippen LogP contribution in [0.15, 0.2) is 23.0 Å². The van der Waals surface area contributed by atoms with Gasteiger partial charge in [0.05, 0.1) is 5.56 Å². The molecule has 0 radical (unpaired) electrons. The number of amides is 1. The third kappa shape index (κ3) is 5.84. The number of rotatable bonds is 8. The molecule has 3 heterocycles. The zero-order chi connectivity index (χ0) is 25.7. The number of aromatic nitrogens is 2. The summed E-state index contributed by atoms with van der Waals surface area (Å²) in [6.07, 6.45) is 7.91. The lowest BCUT2D eigenvalue weighted by Gasteiger charge is -2.35. The topological polar surface area (TPSA) is 70.1 Å². The van der Waals surface area contributed by atoms with Crippen molar-refractivity contribution in [3.63, 3.8) is 0 Å². The van der Waals surface area contributed by atoms with E-state index < -0.39 is 0 Å². The lowest BCUT2D eigenvalue weighted by Crippen LogP contribution is -2.40. The lowest BCUT2D eigenvalue weighted by molar-refractivity contribution is 0.0948. The summed E-state index contributed by atoms with van der Waals surface area (Å²) in [7, 11) is 0. The number of allylic oxidation sites excluding steroid dienone is 2. The van der Waals surface area contributed by atoms with Crippen molar-refractivity contribution >= 4 is 18.6 Å². The molecule has 35 heavy (non-hydrogen) atoms. The maximum atomic E-state index is 13.4. The molecule has 190 valence electrons. The van der Waals surface area contributed by atoms with Crippen LogP contribution < -0.4 is 21.4 Å². The van der Waals surface area contributed by atoms with Crippen molar-refractivity contribution < 1.29 is 9.18 Å². The van der Waals surface area contributed by atoms with Gasteiger partial charge in [-0.05, 0) is 84.2 Å². The summed E-state index contributed by atoms with van der Waals surface area (Å²) in [4.78, 5) is 30.7. The minimum atomic E-state index is -0.309. The minimum absolute atomic E-state index is 0.154. The first-order valence-electron chi connectivity index (χ1n) is 12.5.